The first kappa shape index (κ1) is 19.1. The van der Waals surface area contributed by atoms with Crippen molar-refractivity contribution in [2.75, 3.05) is 25.0 Å². The molecule has 0 atom stereocenters. The van der Waals surface area contributed by atoms with E-state index in [4.69, 9.17) is 0 Å². The third-order valence-corrected chi connectivity index (χ3v) is 5.63. The zero-order chi connectivity index (χ0) is 20.4. The van der Waals surface area contributed by atoms with Crippen molar-refractivity contribution in [1.29, 1.82) is 0 Å². The van der Waals surface area contributed by atoms with Crippen molar-refractivity contribution in [3.05, 3.63) is 59.1 Å². The Morgan fingerprint density at radius 1 is 1.10 bits per heavy atom. The van der Waals surface area contributed by atoms with Crippen LogP contribution in [0.2, 0.25) is 0 Å². The van der Waals surface area contributed by atoms with Crippen LogP contribution in [-0.2, 0) is 0 Å². The Morgan fingerprint density at radius 3 is 2.55 bits per heavy atom. The summed E-state index contributed by atoms with van der Waals surface area (Å²) in [4.78, 5) is 41.1. The molecule has 29 heavy (non-hydrogen) atoms. The normalized spacial score (nSPS) is 13.5. The lowest BCUT2D eigenvalue weighted by Crippen LogP contribution is -2.28. The molecule has 4 rings (SSSR count). The van der Waals surface area contributed by atoms with Crippen molar-refractivity contribution in [3.63, 3.8) is 0 Å². The van der Waals surface area contributed by atoms with Crippen LogP contribution in [0.15, 0.2) is 42.0 Å². The highest BCUT2D eigenvalue weighted by Crippen LogP contribution is 2.27. The van der Waals surface area contributed by atoms with Crippen molar-refractivity contribution in [1.82, 2.24) is 19.9 Å². The van der Waals surface area contributed by atoms with Crippen LogP contribution in [0.5, 0.6) is 0 Å². The number of halogens is 1. The van der Waals surface area contributed by atoms with E-state index in [1.807, 2.05) is 0 Å². The van der Waals surface area contributed by atoms with Crippen molar-refractivity contribution in [3.8, 4) is 11.4 Å². The predicted octanol–water partition coefficient (Wildman–Crippen LogP) is 3.25. The summed E-state index contributed by atoms with van der Waals surface area (Å²) in [5, 5.41) is 2.25. The number of likely N-dealkylation sites (tertiary alicyclic amines) is 1. The Labute approximate surface area is 170 Å². The minimum absolute atomic E-state index is 0.106. The summed E-state index contributed by atoms with van der Waals surface area (Å²) in [7, 11) is 1.61. The molecule has 0 N–H and O–H groups in total. The van der Waals surface area contributed by atoms with Crippen LogP contribution in [-0.4, -0.2) is 51.8 Å². The second-order valence-corrected chi connectivity index (χ2v) is 7.51. The Kier molecular flexibility index (Phi) is 5.30. The standard InChI is InChI=1S/C20H18FN5O2S/c1-25(18(27)13-4-6-14(21)7-5-13)20-24-17(11-29-20)15-10-16(23-12-22-15)19(28)26-8-2-3-9-26/h4-7,10-12H,2-3,8-9H2,1H3. The fourth-order valence-electron chi connectivity index (χ4n) is 3.11. The van der Waals surface area contributed by atoms with Crippen LogP contribution in [0.3, 0.4) is 0 Å². The van der Waals surface area contributed by atoms with Gasteiger partial charge in [0.15, 0.2) is 5.13 Å². The van der Waals surface area contributed by atoms with Gasteiger partial charge in [0.1, 0.15) is 23.5 Å². The van der Waals surface area contributed by atoms with Gasteiger partial charge in [-0.05, 0) is 43.2 Å². The van der Waals surface area contributed by atoms with Crippen LogP contribution in [0.25, 0.3) is 11.4 Å². The number of carbonyl (C=O) groups excluding carboxylic acids is 2. The van der Waals surface area contributed by atoms with Gasteiger partial charge in [0, 0.05) is 31.1 Å². The Hall–Kier alpha value is -3.20. The third-order valence-electron chi connectivity index (χ3n) is 4.72. The summed E-state index contributed by atoms with van der Waals surface area (Å²) >= 11 is 1.28. The highest BCUT2D eigenvalue weighted by molar-refractivity contribution is 7.14. The number of benzene rings is 1. The van der Waals surface area contributed by atoms with Crippen molar-refractivity contribution >= 4 is 28.3 Å². The summed E-state index contributed by atoms with van der Waals surface area (Å²) < 4.78 is 13.1. The topological polar surface area (TPSA) is 79.3 Å². The molecule has 0 bridgehead atoms. The molecule has 9 heteroatoms. The molecular weight excluding hydrogens is 393 g/mol. The molecule has 1 aliphatic heterocycles. The Bertz CT molecular complexity index is 1050. The second-order valence-electron chi connectivity index (χ2n) is 6.67. The summed E-state index contributed by atoms with van der Waals surface area (Å²) in [5.74, 6) is -0.799. The van der Waals surface area contributed by atoms with Gasteiger partial charge in [-0.3, -0.25) is 14.5 Å². The number of amides is 2. The molecule has 3 aromatic rings. The molecule has 1 aromatic carbocycles. The molecule has 7 nitrogen and oxygen atoms in total. The van der Waals surface area contributed by atoms with E-state index in [1.54, 1.807) is 23.4 Å². The maximum atomic E-state index is 13.1. The smallest absolute Gasteiger partial charge is 0.272 e. The fraction of sp³-hybridized carbons (Fsp3) is 0.250. The van der Waals surface area contributed by atoms with E-state index in [-0.39, 0.29) is 11.8 Å². The molecule has 0 saturated carbocycles. The number of carbonyl (C=O) groups is 2. The van der Waals surface area contributed by atoms with Crippen LogP contribution in [0.1, 0.15) is 33.7 Å². The highest BCUT2D eigenvalue weighted by Gasteiger charge is 2.22. The van der Waals surface area contributed by atoms with Gasteiger partial charge >= 0.3 is 0 Å². The molecular formula is C20H18FN5O2S. The van der Waals surface area contributed by atoms with E-state index in [0.29, 0.717) is 27.8 Å². The molecule has 0 unspecified atom stereocenters. The van der Waals surface area contributed by atoms with Crippen LogP contribution in [0, 0.1) is 5.82 Å². The van der Waals surface area contributed by atoms with E-state index in [2.05, 4.69) is 15.0 Å². The van der Waals surface area contributed by atoms with Crippen LogP contribution in [0.4, 0.5) is 9.52 Å². The first-order chi connectivity index (χ1) is 14.0. The van der Waals surface area contributed by atoms with Gasteiger partial charge in [0.25, 0.3) is 11.8 Å². The Balaban J connectivity index is 1.54. The number of hydrogen-bond acceptors (Lipinski definition) is 6. The molecule has 1 aliphatic rings. The molecule has 0 aliphatic carbocycles. The van der Waals surface area contributed by atoms with E-state index in [9.17, 15) is 14.0 Å². The van der Waals surface area contributed by atoms with Crippen molar-refractivity contribution < 1.29 is 14.0 Å². The zero-order valence-corrected chi connectivity index (χ0v) is 16.5. The van der Waals surface area contributed by atoms with Crippen LogP contribution < -0.4 is 4.90 Å². The molecule has 2 amide bonds. The first-order valence-electron chi connectivity index (χ1n) is 9.14. The molecule has 148 valence electrons. The van der Waals surface area contributed by atoms with Gasteiger partial charge < -0.3 is 4.90 Å². The van der Waals surface area contributed by atoms with E-state index in [1.165, 1.54) is 46.8 Å². The molecule has 3 heterocycles. The number of anilines is 1. The largest absolute Gasteiger partial charge is 0.337 e. The van der Waals surface area contributed by atoms with Gasteiger partial charge in [-0.2, -0.15) is 0 Å². The number of rotatable bonds is 4. The van der Waals surface area contributed by atoms with Gasteiger partial charge in [-0.25, -0.2) is 19.3 Å². The summed E-state index contributed by atoms with van der Waals surface area (Å²) in [5.41, 5.74) is 1.78. The first-order valence-corrected chi connectivity index (χ1v) is 10.0. The summed E-state index contributed by atoms with van der Waals surface area (Å²) in [6, 6.07) is 6.98. The van der Waals surface area contributed by atoms with Gasteiger partial charge in [0.2, 0.25) is 0 Å². The average Bonchev–Trinajstić information content (AvgIpc) is 3.45. The number of aromatic nitrogens is 3. The zero-order valence-electron chi connectivity index (χ0n) is 15.7. The quantitative estimate of drug-likeness (QED) is 0.658. The van der Waals surface area contributed by atoms with Crippen LogP contribution >= 0.6 is 11.3 Å². The maximum absolute atomic E-state index is 13.1. The molecule has 2 aromatic heterocycles. The number of hydrogen-bond donors (Lipinski definition) is 0. The molecule has 1 fully saturated rings. The predicted molar refractivity (Wildman–Crippen MR) is 107 cm³/mol. The molecule has 0 spiro atoms. The average molecular weight is 411 g/mol. The van der Waals surface area contributed by atoms with E-state index in [0.717, 1.165) is 25.9 Å². The minimum Gasteiger partial charge on any atom is -0.337 e. The lowest BCUT2D eigenvalue weighted by Gasteiger charge is -2.14. The van der Waals surface area contributed by atoms with Crippen molar-refractivity contribution in [2.45, 2.75) is 12.8 Å². The minimum atomic E-state index is -0.399. The molecule has 0 radical (unpaired) electrons. The number of nitrogens with zero attached hydrogens (tertiary/aromatic N) is 5. The second kappa shape index (κ2) is 8.04. The Morgan fingerprint density at radius 2 is 1.83 bits per heavy atom. The van der Waals surface area contributed by atoms with E-state index < -0.39 is 5.82 Å². The fourth-order valence-corrected chi connectivity index (χ4v) is 3.89. The third kappa shape index (κ3) is 4.00. The van der Waals surface area contributed by atoms with Gasteiger partial charge in [-0.15, -0.1) is 11.3 Å². The van der Waals surface area contributed by atoms with Crippen molar-refractivity contribution in [2.24, 2.45) is 0 Å². The number of thiazole rings is 1. The van der Waals surface area contributed by atoms with Gasteiger partial charge in [-0.1, -0.05) is 0 Å². The lowest BCUT2D eigenvalue weighted by molar-refractivity contribution is 0.0786. The monoisotopic (exact) mass is 411 g/mol. The lowest BCUT2D eigenvalue weighted by atomic mass is 10.2. The SMILES string of the molecule is CN(C(=O)c1ccc(F)cc1)c1nc(-c2cc(C(=O)N3CCCC3)ncn2)cs1. The van der Waals surface area contributed by atoms with E-state index >= 15 is 0 Å². The summed E-state index contributed by atoms with van der Waals surface area (Å²) in [6.07, 6.45) is 3.37. The molecule has 1 saturated heterocycles. The van der Waals surface area contributed by atoms with Gasteiger partial charge in [0.05, 0.1) is 5.69 Å². The maximum Gasteiger partial charge on any atom is 0.272 e. The summed E-state index contributed by atoms with van der Waals surface area (Å²) in [6.45, 7) is 1.49. The highest BCUT2D eigenvalue weighted by atomic mass is 32.1.